The van der Waals surface area contributed by atoms with Crippen molar-refractivity contribution in [3.8, 4) is 0 Å². The first kappa shape index (κ1) is 29.1. The maximum atomic E-state index is 10.4. The number of carbonyl (C=O) groups is 4. The van der Waals surface area contributed by atoms with Crippen molar-refractivity contribution < 1.29 is 19.2 Å². The van der Waals surface area contributed by atoms with E-state index >= 15 is 0 Å². The van der Waals surface area contributed by atoms with Crippen molar-refractivity contribution in [2.75, 3.05) is 0 Å². The number of hydrogen-bond acceptors (Lipinski definition) is 4. The van der Waals surface area contributed by atoms with Crippen molar-refractivity contribution >= 4 is 23.6 Å². The Kier molecular flexibility index (Phi) is 22.2. The molecular weight excluding hydrogens is 372 g/mol. The van der Waals surface area contributed by atoms with E-state index in [0.29, 0.717) is 25.7 Å². The Bertz CT molecular complexity index is 416. The van der Waals surface area contributed by atoms with Gasteiger partial charge in [-0.25, -0.2) is 0 Å². The van der Waals surface area contributed by atoms with Gasteiger partial charge in [-0.3, -0.25) is 19.2 Å². The molecule has 0 unspecified atom stereocenters. The van der Waals surface area contributed by atoms with Crippen molar-refractivity contribution in [3.63, 3.8) is 0 Å². The van der Waals surface area contributed by atoms with Gasteiger partial charge >= 0.3 is 0 Å². The number of rotatable bonds is 19. The fourth-order valence-corrected chi connectivity index (χ4v) is 2.79. The number of primary amides is 4. The van der Waals surface area contributed by atoms with Crippen molar-refractivity contribution in [1.82, 2.24) is 0 Å². The molecule has 8 heteroatoms. The molecule has 0 aliphatic carbocycles. The third kappa shape index (κ3) is 33.9. The molecule has 0 heterocycles. The molecule has 4 amide bonds. The van der Waals surface area contributed by atoms with Gasteiger partial charge in [-0.15, -0.1) is 0 Å². The maximum Gasteiger partial charge on any atom is 0.217 e. The second-order valence-corrected chi connectivity index (χ2v) is 7.46. The average molecular weight is 415 g/mol. The van der Waals surface area contributed by atoms with Crippen LogP contribution in [0.5, 0.6) is 0 Å². The molecule has 0 aliphatic heterocycles. The second kappa shape index (κ2) is 22.2. The van der Waals surface area contributed by atoms with Crippen molar-refractivity contribution in [1.29, 1.82) is 0 Å². The fourth-order valence-electron chi connectivity index (χ4n) is 2.79. The lowest BCUT2D eigenvalue weighted by Gasteiger charge is -2.01. The lowest BCUT2D eigenvalue weighted by Crippen LogP contribution is -2.10. The van der Waals surface area contributed by atoms with Gasteiger partial charge in [-0.2, -0.15) is 0 Å². The lowest BCUT2D eigenvalue weighted by atomic mass is 10.1. The van der Waals surface area contributed by atoms with Gasteiger partial charge in [0.15, 0.2) is 0 Å². The molecule has 0 radical (unpaired) electrons. The Labute approximate surface area is 175 Å². The van der Waals surface area contributed by atoms with Crippen LogP contribution in [0.15, 0.2) is 0 Å². The average Bonchev–Trinajstić information content (AvgIpc) is 2.62. The molecule has 8 nitrogen and oxygen atoms in total. The monoisotopic (exact) mass is 414 g/mol. The molecule has 0 spiro atoms. The smallest absolute Gasteiger partial charge is 0.217 e. The minimum Gasteiger partial charge on any atom is -0.370 e. The number of carbonyl (C=O) groups excluding carboxylic acids is 4. The van der Waals surface area contributed by atoms with Crippen LogP contribution in [0.3, 0.4) is 0 Å². The summed E-state index contributed by atoms with van der Waals surface area (Å²) in [5, 5.41) is 0. The molecule has 0 aliphatic rings. The Morgan fingerprint density at radius 2 is 0.448 bits per heavy atom. The van der Waals surface area contributed by atoms with E-state index in [1.807, 2.05) is 0 Å². The van der Waals surface area contributed by atoms with E-state index in [2.05, 4.69) is 0 Å². The number of nitrogens with two attached hydrogens (primary N) is 4. The van der Waals surface area contributed by atoms with Gasteiger partial charge in [0.2, 0.25) is 23.6 Å². The number of hydrogen-bond donors (Lipinski definition) is 4. The molecule has 0 bridgehead atoms. The zero-order valence-electron chi connectivity index (χ0n) is 18.0. The summed E-state index contributed by atoms with van der Waals surface area (Å²) in [6.07, 6.45) is 15.5. The fraction of sp³-hybridized carbons (Fsp3) is 0.810. The molecule has 0 aromatic heterocycles. The summed E-state index contributed by atoms with van der Waals surface area (Å²) in [5.74, 6) is -0.882. The highest BCUT2D eigenvalue weighted by Gasteiger charge is 1.97. The van der Waals surface area contributed by atoms with E-state index in [1.165, 1.54) is 25.7 Å². The molecule has 0 saturated heterocycles. The van der Waals surface area contributed by atoms with Crippen LogP contribution >= 0.6 is 0 Å². The van der Waals surface area contributed by atoms with Gasteiger partial charge in [0.05, 0.1) is 0 Å². The van der Waals surface area contributed by atoms with Crippen LogP contribution in [0, 0.1) is 0 Å². The van der Waals surface area contributed by atoms with Crippen LogP contribution in [-0.2, 0) is 19.2 Å². The quantitative estimate of drug-likeness (QED) is 0.238. The van der Waals surface area contributed by atoms with Crippen molar-refractivity contribution in [2.24, 2.45) is 22.9 Å². The second-order valence-electron chi connectivity index (χ2n) is 7.46. The number of unbranched alkanes of at least 4 members (excludes halogenated alkanes) is 11. The van der Waals surface area contributed by atoms with Crippen LogP contribution in [0.1, 0.15) is 109 Å². The van der Waals surface area contributed by atoms with Crippen LogP contribution in [0.4, 0.5) is 0 Å². The van der Waals surface area contributed by atoms with Crippen LogP contribution in [0.25, 0.3) is 0 Å². The topological polar surface area (TPSA) is 172 Å². The minimum atomic E-state index is -0.239. The summed E-state index contributed by atoms with van der Waals surface area (Å²) in [5.41, 5.74) is 20.0. The van der Waals surface area contributed by atoms with E-state index in [1.54, 1.807) is 0 Å². The van der Waals surface area contributed by atoms with E-state index in [9.17, 15) is 19.2 Å². The molecule has 0 rings (SSSR count). The lowest BCUT2D eigenvalue weighted by molar-refractivity contribution is -0.119. The summed E-state index contributed by atoms with van der Waals surface area (Å²) in [6.45, 7) is 0. The molecular formula is C21H42N4O4. The highest BCUT2D eigenvalue weighted by atomic mass is 16.2. The molecule has 0 fully saturated rings. The maximum absolute atomic E-state index is 10.4. The third-order valence-corrected chi connectivity index (χ3v) is 4.44. The van der Waals surface area contributed by atoms with Gasteiger partial charge in [0.1, 0.15) is 0 Å². The normalized spacial score (nSPS) is 10.1. The molecule has 8 N–H and O–H groups in total. The van der Waals surface area contributed by atoms with Crippen LogP contribution in [0.2, 0.25) is 0 Å². The third-order valence-electron chi connectivity index (χ3n) is 4.44. The Morgan fingerprint density at radius 1 is 0.310 bits per heavy atom. The molecule has 0 aromatic rings. The van der Waals surface area contributed by atoms with E-state index in [4.69, 9.17) is 22.9 Å². The first-order chi connectivity index (χ1) is 13.8. The summed E-state index contributed by atoms with van der Waals surface area (Å²) >= 11 is 0. The van der Waals surface area contributed by atoms with E-state index in [-0.39, 0.29) is 23.6 Å². The summed E-state index contributed by atoms with van der Waals surface area (Å²) in [6, 6.07) is 0. The van der Waals surface area contributed by atoms with Crippen LogP contribution in [-0.4, -0.2) is 23.6 Å². The van der Waals surface area contributed by atoms with Crippen molar-refractivity contribution in [2.45, 2.75) is 109 Å². The van der Waals surface area contributed by atoms with Gasteiger partial charge < -0.3 is 22.9 Å². The van der Waals surface area contributed by atoms with Gasteiger partial charge in [-0.1, -0.05) is 57.8 Å². The predicted molar refractivity (Wildman–Crippen MR) is 115 cm³/mol. The van der Waals surface area contributed by atoms with E-state index in [0.717, 1.165) is 57.8 Å². The van der Waals surface area contributed by atoms with Gasteiger partial charge in [0.25, 0.3) is 0 Å². The van der Waals surface area contributed by atoms with Gasteiger partial charge in [-0.05, 0) is 25.7 Å². The summed E-state index contributed by atoms with van der Waals surface area (Å²) < 4.78 is 0. The molecule has 29 heavy (non-hydrogen) atoms. The Balaban J connectivity index is 0. The Morgan fingerprint density at radius 3 is 0.586 bits per heavy atom. The zero-order chi connectivity index (χ0) is 22.3. The highest BCUT2D eigenvalue weighted by Crippen LogP contribution is 2.10. The van der Waals surface area contributed by atoms with Crippen LogP contribution < -0.4 is 22.9 Å². The molecule has 0 atom stereocenters. The predicted octanol–water partition coefficient (Wildman–Crippen LogP) is 2.55. The minimum absolute atomic E-state index is 0.202. The Hall–Kier alpha value is -2.12. The SMILES string of the molecule is NC(=O)CCCCCCCC(N)=O.NC(=O)CCCCCCCCCCC(N)=O. The van der Waals surface area contributed by atoms with Gasteiger partial charge in [0, 0.05) is 25.7 Å². The number of amides is 4. The largest absolute Gasteiger partial charge is 0.370 e. The first-order valence-electron chi connectivity index (χ1n) is 10.9. The standard InChI is InChI=1S/C12H24N2O2.C9H18N2O2/c13-11(15)9-7-5-3-1-2-4-6-8-10-12(14)16;10-8(12)6-4-2-1-3-5-7-9(11)13/h1-10H2,(H2,13,15)(H2,14,16);1-7H2,(H2,10,12)(H2,11,13). The zero-order valence-corrected chi connectivity index (χ0v) is 18.0. The molecule has 170 valence electrons. The van der Waals surface area contributed by atoms with E-state index < -0.39 is 0 Å². The molecule has 0 aromatic carbocycles. The summed E-state index contributed by atoms with van der Waals surface area (Å²) in [7, 11) is 0. The highest BCUT2D eigenvalue weighted by molar-refractivity contribution is 5.74. The molecule has 0 saturated carbocycles. The summed E-state index contributed by atoms with van der Waals surface area (Å²) in [4.78, 5) is 41.6. The van der Waals surface area contributed by atoms with Crippen molar-refractivity contribution in [3.05, 3.63) is 0 Å². The first-order valence-corrected chi connectivity index (χ1v) is 10.9.